The van der Waals surface area contributed by atoms with Crippen LogP contribution in [0.25, 0.3) is 0 Å². The van der Waals surface area contributed by atoms with Crippen LogP contribution in [0.5, 0.6) is 0 Å². The number of fused-ring (bicyclic) bond motifs is 4. The SMILES string of the molecule is C=C(C)[C@]1(O)CCC2C3CCC4=CC(=O)CCC4=C3[C@@H](c3ccc(N(C)C)cc3)OC[C@@]21C. The molecule has 4 heteroatoms. The van der Waals surface area contributed by atoms with Gasteiger partial charge in [0.15, 0.2) is 5.78 Å². The van der Waals surface area contributed by atoms with E-state index < -0.39 is 5.60 Å². The summed E-state index contributed by atoms with van der Waals surface area (Å²) in [6.07, 6.45) is 6.82. The Bertz CT molecular complexity index is 1050. The van der Waals surface area contributed by atoms with Crippen LogP contribution < -0.4 is 4.90 Å². The van der Waals surface area contributed by atoms with Crippen molar-refractivity contribution in [2.24, 2.45) is 17.3 Å². The molecule has 4 aliphatic rings. The van der Waals surface area contributed by atoms with E-state index in [1.165, 1.54) is 16.7 Å². The predicted octanol–water partition coefficient (Wildman–Crippen LogP) is 5.54. The molecule has 1 aliphatic heterocycles. The van der Waals surface area contributed by atoms with Crippen LogP contribution in [0, 0.1) is 17.3 Å². The van der Waals surface area contributed by atoms with Gasteiger partial charge in [-0.15, -0.1) is 0 Å². The quantitative estimate of drug-likeness (QED) is 0.618. The number of anilines is 1. The molecule has 1 saturated heterocycles. The second-order valence-electron chi connectivity index (χ2n) is 11.1. The highest BCUT2D eigenvalue weighted by Gasteiger charge is 2.61. The molecule has 4 nitrogen and oxygen atoms in total. The van der Waals surface area contributed by atoms with Crippen molar-refractivity contribution in [1.82, 2.24) is 0 Å². The summed E-state index contributed by atoms with van der Waals surface area (Å²) in [6, 6.07) is 8.68. The number of nitrogens with zero attached hydrogens (tertiary/aromatic N) is 1. The lowest BCUT2D eigenvalue weighted by atomic mass is 9.61. The lowest BCUT2D eigenvalue weighted by Crippen LogP contribution is -2.49. The number of benzene rings is 1. The van der Waals surface area contributed by atoms with Crippen LogP contribution in [-0.4, -0.2) is 37.2 Å². The third-order valence-electron chi connectivity index (χ3n) is 9.13. The summed E-state index contributed by atoms with van der Waals surface area (Å²) >= 11 is 0. The molecule has 1 saturated carbocycles. The number of carbonyl (C=O) groups excluding carboxylic acids is 1. The second kappa shape index (κ2) is 7.95. The highest BCUT2D eigenvalue weighted by Crippen LogP contribution is 2.63. The number of aliphatic hydroxyl groups is 1. The Morgan fingerprint density at radius 3 is 2.55 bits per heavy atom. The minimum atomic E-state index is -0.907. The predicted molar refractivity (Wildman–Crippen MR) is 132 cm³/mol. The van der Waals surface area contributed by atoms with Crippen molar-refractivity contribution in [1.29, 1.82) is 0 Å². The molecule has 3 aliphatic carbocycles. The zero-order chi connectivity index (χ0) is 23.5. The highest BCUT2D eigenvalue weighted by atomic mass is 16.5. The van der Waals surface area contributed by atoms with E-state index in [9.17, 15) is 9.90 Å². The number of ketones is 1. The zero-order valence-corrected chi connectivity index (χ0v) is 20.5. The Morgan fingerprint density at radius 1 is 1.15 bits per heavy atom. The Hall–Kier alpha value is -2.17. The summed E-state index contributed by atoms with van der Waals surface area (Å²) < 4.78 is 6.81. The third kappa shape index (κ3) is 3.37. The highest BCUT2D eigenvalue weighted by molar-refractivity contribution is 5.93. The van der Waals surface area contributed by atoms with Gasteiger partial charge in [0.2, 0.25) is 0 Å². The van der Waals surface area contributed by atoms with Gasteiger partial charge in [-0.1, -0.05) is 25.6 Å². The monoisotopic (exact) mass is 447 g/mol. The van der Waals surface area contributed by atoms with E-state index in [0.29, 0.717) is 24.9 Å². The van der Waals surface area contributed by atoms with Crippen molar-refractivity contribution < 1.29 is 14.6 Å². The lowest BCUT2D eigenvalue weighted by Gasteiger charge is -2.45. The first kappa shape index (κ1) is 22.6. The van der Waals surface area contributed by atoms with Crippen molar-refractivity contribution in [3.05, 3.63) is 64.8 Å². The Balaban J connectivity index is 1.66. The van der Waals surface area contributed by atoms with Crippen LogP contribution in [0.1, 0.15) is 64.0 Å². The van der Waals surface area contributed by atoms with Gasteiger partial charge in [-0.05, 0) is 96.9 Å². The van der Waals surface area contributed by atoms with Gasteiger partial charge in [0.1, 0.15) is 6.10 Å². The molecule has 2 fully saturated rings. The molecule has 0 radical (unpaired) electrons. The van der Waals surface area contributed by atoms with E-state index in [4.69, 9.17) is 4.74 Å². The molecule has 0 spiro atoms. The van der Waals surface area contributed by atoms with Crippen LogP contribution in [-0.2, 0) is 9.53 Å². The first-order valence-corrected chi connectivity index (χ1v) is 12.4. The molecule has 0 bridgehead atoms. The van der Waals surface area contributed by atoms with Crippen molar-refractivity contribution in [3.63, 3.8) is 0 Å². The standard InChI is InChI=1S/C29H37NO3/c1-18(2)29(32)15-14-25-24-12-8-20-16-22(31)11-13-23(20)26(24)27(33-17-28(25,29)3)19-6-9-21(10-7-19)30(4)5/h6-7,9-10,16,24-25,27,32H,1,8,11-15,17H2,2-5H3/t24?,25?,27-,28+,29-/m1/s1. The van der Waals surface area contributed by atoms with Gasteiger partial charge in [-0.25, -0.2) is 0 Å². The third-order valence-corrected chi connectivity index (χ3v) is 9.13. The summed E-state index contributed by atoms with van der Waals surface area (Å²) in [4.78, 5) is 14.3. The van der Waals surface area contributed by atoms with Gasteiger partial charge in [0.05, 0.1) is 12.2 Å². The molecule has 1 heterocycles. The van der Waals surface area contributed by atoms with Gasteiger partial charge in [-0.2, -0.15) is 0 Å². The number of carbonyl (C=O) groups is 1. The van der Waals surface area contributed by atoms with Crippen molar-refractivity contribution in [2.45, 2.75) is 64.1 Å². The number of allylic oxidation sites excluding steroid dienone is 3. The van der Waals surface area contributed by atoms with Crippen LogP contribution in [0.3, 0.4) is 0 Å². The molecule has 5 rings (SSSR count). The number of ether oxygens (including phenoxy) is 1. The summed E-state index contributed by atoms with van der Waals surface area (Å²) in [5.41, 5.74) is 5.82. The molecule has 1 aromatic rings. The topological polar surface area (TPSA) is 49.8 Å². The van der Waals surface area contributed by atoms with Crippen molar-refractivity contribution in [3.8, 4) is 0 Å². The Kier molecular flexibility index (Phi) is 5.45. The van der Waals surface area contributed by atoms with Gasteiger partial charge in [0.25, 0.3) is 0 Å². The molecule has 176 valence electrons. The maximum absolute atomic E-state index is 12.2. The van der Waals surface area contributed by atoms with Crippen molar-refractivity contribution >= 4 is 11.5 Å². The molecule has 5 atom stereocenters. The smallest absolute Gasteiger partial charge is 0.156 e. The summed E-state index contributed by atoms with van der Waals surface area (Å²) in [6.45, 7) is 8.87. The van der Waals surface area contributed by atoms with E-state index in [2.05, 4.69) is 56.8 Å². The fraction of sp³-hybridized carbons (Fsp3) is 0.552. The minimum absolute atomic E-state index is 0.144. The molecule has 33 heavy (non-hydrogen) atoms. The van der Waals surface area contributed by atoms with Crippen LogP contribution in [0.2, 0.25) is 0 Å². The fourth-order valence-corrected chi connectivity index (χ4v) is 7.19. The Morgan fingerprint density at radius 2 is 1.88 bits per heavy atom. The van der Waals surface area contributed by atoms with E-state index in [1.807, 2.05) is 13.0 Å². The van der Waals surface area contributed by atoms with E-state index in [0.717, 1.165) is 48.9 Å². The van der Waals surface area contributed by atoms with Gasteiger partial charge in [0, 0.05) is 31.6 Å². The molecule has 0 amide bonds. The van der Waals surface area contributed by atoms with Gasteiger partial charge in [-0.3, -0.25) is 4.79 Å². The maximum Gasteiger partial charge on any atom is 0.156 e. The Labute approximate surface area is 198 Å². The average Bonchev–Trinajstić information content (AvgIpc) is 2.97. The van der Waals surface area contributed by atoms with Crippen LogP contribution in [0.15, 0.2) is 59.2 Å². The first-order valence-electron chi connectivity index (χ1n) is 12.4. The van der Waals surface area contributed by atoms with Crippen LogP contribution in [0.4, 0.5) is 5.69 Å². The van der Waals surface area contributed by atoms with E-state index in [-0.39, 0.29) is 17.3 Å². The fourth-order valence-electron chi connectivity index (χ4n) is 7.19. The van der Waals surface area contributed by atoms with Gasteiger partial charge >= 0.3 is 0 Å². The van der Waals surface area contributed by atoms with Crippen LogP contribution >= 0.6 is 0 Å². The number of rotatable bonds is 3. The first-order chi connectivity index (χ1) is 15.7. The lowest BCUT2D eigenvalue weighted by molar-refractivity contribution is -0.114. The largest absolute Gasteiger partial charge is 0.385 e. The summed E-state index contributed by atoms with van der Waals surface area (Å²) in [5, 5.41) is 11.8. The summed E-state index contributed by atoms with van der Waals surface area (Å²) in [5.74, 6) is 0.938. The number of hydrogen-bond acceptors (Lipinski definition) is 4. The second-order valence-corrected chi connectivity index (χ2v) is 11.1. The van der Waals surface area contributed by atoms with Gasteiger partial charge < -0.3 is 14.7 Å². The minimum Gasteiger partial charge on any atom is -0.385 e. The molecular formula is C29H37NO3. The molecule has 2 unspecified atom stereocenters. The normalized spacial score (nSPS) is 35.8. The number of hydrogen-bond donors (Lipinski definition) is 1. The molecule has 1 N–H and O–H groups in total. The average molecular weight is 448 g/mol. The molecule has 1 aromatic carbocycles. The van der Waals surface area contributed by atoms with Crippen molar-refractivity contribution in [2.75, 3.05) is 25.6 Å². The van der Waals surface area contributed by atoms with E-state index in [1.54, 1.807) is 0 Å². The zero-order valence-electron chi connectivity index (χ0n) is 20.5. The van der Waals surface area contributed by atoms with E-state index >= 15 is 0 Å². The molecular weight excluding hydrogens is 410 g/mol. The summed E-state index contributed by atoms with van der Waals surface area (Å²) in [7, 11) is 4.10. The molecule has 0 aromatic heterocycles. The maximum atomic E-state index is 12.2.